The zero-order valence-electron chi connectivity index (χ0n) is 16.8. The number of carbonyl (C=O) groups excluding carboxylic acids is 3. The Bertz CT molecular complexity index is 1190. The molecule has 10 heteroatoms. The first-order valence-corrected chi connectivity index (χ1v) is 9.63. The second-order valence-electron chi connectivity index (χ2n) is 6.47. The van der Waals surface area contributed by atoms with E-state index < -0.39 is 17.8 Å². The molecule has 0 bridgehead atoms. The molecule has 3 rings (SSSR count). The van der Waals surface area contributed by atoms with Crippen LogP contribution < -0.4 is 10.9 Å². The number of amides is 1. The molecule has 3 aromatic rings. The summed E-state index contributed by atoms with van der Waals surface area (Å²) in [5.41, 5.74) is 0.861. The van der Waals surface area contributed by atoms with E-state index >= 15 is 0 Å². The van der Waals surface area contributed by atoms with Crippen LogP contribution in [0.3, 0.4) is 0 Å². The summed E-state index contributed by atoms with van der Waals surface area (Å²) in [5.74, 6) is -1.88. The molecular weight excluding hydrogens is 410 g/mol. The van der Waals surface area contributed by atoms with Gasteiger partial charge in [0.15, 0.2) is 0 Å². The Labute approximate surface area is 175 Å². The summed E-state index contributed by atoms with van der Waals surface area (Å²) in [6.07, 6.45) is 1.32. The van der Waals surface area contributed by atoms with Crippen LogP contribution in [0.15, 0.2) is 29.3 Å². The number of hydrogen-bond donors (Lipinski definition) is 1. The average Bonchev–Trinajstić information content (AvgIpc) is 3.02. The highest BCUT2D eigenvalue weighted by Gasteiger charge is 2.17. The molecule has 0 saturated carbocycles. The summed E-state index contributed by atoms with van der Waals surface area (Å²) < 4.78 is 10.6. The number of hydrogen-bond acceptors (Lipinski definition) is 8. The van der Waals surface area contributed by atoms with Crippen molar-refractivity contribution in [3.8, 4) is 0 Å². The van der Waals surface area contributed by atoms with Crippen LogP contribution in [0.2, 0.25) is 0 Å². The molecule has 0 unspecified atom stereocenters. The lowest BCUT2D eigenvalue weighted by Gasteiger charge is -2.10. The van der Waals surface area contributed by atoms with E-state index in [1.807, 2.05) is 13.8 Å². The highest BCUT2D eigenvalue weighted by atomic mass is 32.1. The van der Waals surface area contributed by atoms with Gasteiger partial charge in [0.1, 0.15) is 11.4 Å². The molecule has 0 atom stereocenters. The Kier molecular flexibility index (Phi) is 5.97. The van der Waals surface area contributed by atoms with Crippen molar-refractivity contribution in [2.24, 2.45) is 0 Å². The average molecular weight is 429 g/mol. The number of ether oxygens (including phenoxy) is 2. The minimum atomic E-state index is -0.676. The van der Waals surface area contributed by atoms with Crippen LogP contribution in [0.25, 0.3) is 10.2 Å². The van der Waals surface area contributed by atoms with E-state index in [0.29, 0.717) is 10.2 Å². The molecule has 0 aliphatic rings. The van der Waals surface area contributed by atoms with Gasteiger partial charge < -0.3 is 14.8 Å². The van der Waals surface area contributed by atoms with E-state index in [1.54, 1.807) is 0 Å². The first-order valence-electron chi connectivity index (χ1n) is 8.81. The standard InChI is InChI=1S/C20H19N3O6S/c1-10-11(2)30-17-16(10)18(25)23(9-21-17)8-15(24)22-14-6-12(19(26)28-3)5-13(7-14)20(27)29-4/h5-7,9H,8H2,1-4H3,(H,22,24). The summed E-state index contributed by atoms with van der Waals surface area (Å²) in [5, 5.41) is 3.08. The summed E-state index contributed by atoms with van der Waals surface area (Å²) in [6.45, 7) is 3.46. The second kappa shape index (κ2) is 8.46. The Morgan fingerprint density at radius 2 is 1.67 bits per heavy atom. The SMILES string of the molecule is COC(=O)c1cc(NC(=O)Cn2cnc3sc(C)c(C)c3c2=O)cc(C(=O)OC)c1. The van der Waals surface area contributed by atoms with Gasteiger partial charge in [-0.25, -0.2) is 14.6 Å². The van der Waals surface area contributed by atoms with Crippen molar-refractivity contribution >= 4 is 45.1 Å². The Hall–Kier alpha value is -3.53. The summed E-state index contributed by atoms with van der Waals surface area (Å²) in [4.78, 5) is 54.9. The van der Waals surface area contributed by atoms with Gasteiger partial charge in [-0.3, -0.25) is 14.2 Å². The Morgan fingerprint density at radius 1 is 1.07 bits per heavy atom. The van der Waals surface area contributed by atoms with E-state index in [1.165, 1.54) is 54.6 Å². The molecule has 0 radical (unpaired) electrons. The summed E-state index contributed by atoms with van der Waals surface area (Å²) in [7, 11) is 2.41. The maximum Gasteiger partial charge on any atom is 0.337 e. The molecule has 0 spiro atoms. The van der Waals surface area contributed by atoms with E-state index in [9.17, 15) is 19.2 Å². The molecule has 0 aliphatic carbocycles. The predicted molar refractivity (Wildman–Crippen MR) is 111 cm³/mol. The molecule has 1 amide bonds. The lowest BCUT2D eigenvalue weighted by Crippen LogP contribution is -2.28. The van der Waals surface area contributed by atoms with Crippen molar-refractivity contribution < 1.29 is 23.9 Å². The number of aryl methyl sites for hydroxylation is 2. The van der Waals surface area contributed by atoms with Gasteiger partial charge in [-0.2, -0.15) is 0 Å². The van der Waals surface area contributed by atoms with Crippen LogP contribution in [0.4, 0.5) is 5.69 Å². The van der Waals surface area contributed by atoms with Gasteiger partial charge in [-0.15, -0.1) is 11.3 Å². The lowest BCUT2D eigenvalue weighted by atomic mass is 10.1. The smallest absolute Gasteiger partial charge is 0.337 e. The zero-order chi connectivity index (χ0) is 22.0. The molecule has 156 valence electrons. The highest BCUT2D eigenvalue weighted by Crippen LogP contribution is 2.25. The molecule has 2 heterocycles. The van der Waals surface area contributed by atoms with E-state index in [-0.39, 0.29) is 28.9 Å². The summed E-state index contributed by atoms with van der Waals surface area (Å²) in [6, 6.07) is 4.04. The predicted octanol–water partition coefficient (Wildman–Crippen LogP) is 2.29. The fourth-order valence-corrected chi connectivity index (χ4v) is 3.90. The van der Waals surface area contributed by atoms with Gasteiger partial charge >= 0.3 is 11.9 Å². The van der Waals surface area contributed by atoms with E-state index in [0.717, 1.165) is 10.4 Å². The first kappa shape index (κ1) is 21.2. The Balaban J connectivity index is 1.89. The van der Waals surface area contributed by atoms with Gasteiger partial charge in [0.25, 0.3) is 5.56 Å². The number of fused-ring (bicyclic) bond motifs is 1. The fraction of sp³-hybridized carbons (Fsp3) is 0.250. The van der Waals surface area contributed by atoms with Gasteiger partial charge in [0.2, 0.25) is 5.91 Å². The molecular formula is C20H19N3O6S. The third kappa shape index (κ3) is 4.08. The van der Waals surface area contributed by atoms with Crippen LogP contribution in [0.5, 0.6) is 0 Å². The Morgan fingerprint density at radius 3 is 2.23 bits per heavy atom. The van der Waals surface area contributed by atoms with Crippen LogP contribution in [0.1, 0.15) is 31.2 Å². The van der Waals surface area contributed by atoms with Gasteiger partial charge in [0, 0.05) is 10.6 Å². The third-order valence-electron chi connectivity index (χ3n) is 4.53. The number of carbonyl (C=O) groups is 3. The fourth-order valence-electron chi connectivity index (χ4n) is 2.91. The van der Waals surface area contributed by atoms with Crippen LogP contribution in [-0.2, 0) is 20.8 Å². The minimum Gasteiger partial charge on any atom is -0.465 e. The van der Waals surface area contributed by atoms with E-state index in [2.05, 4.69) is 19.8 Å². The van der Waals surface area contributed by atoms with Gasteiger partial charge in [-0.05, 0) is 37.6 Å². The molecule has 0 aliphatic heterocycles. The third-order valence-corrected chi connectivity index (χ3v) is 5.64. The number of nitrogens with one attached hydrogen (secondary N) is 1. The molecule has 1 aromatic carbocycles. The number of rotatable bonds is 5. The van der Waals surface area contributed by atoms with Crippen molar-refractivity contribution in [1.82, 2.24) is 9.55 Å². The number of thiophene rings is 1. The van der Waals surface area contributed by atoms with Gasteiger partial charge in [-0.1, -0.05) is 0 Å². The molecule has 9 nitrogen and oxygen atoms in total. The van der Waals surface area contributed by atoms with Crippen LogP contribution in [0, 0.1) is 13.8 Å². The van der Waals surface area contributed by atoms with Crippen molar-refractivity contribution in [3.63, 3.8) is 0 Å². The lowest BCUT2D eigenvalue weighted by molar-refractivity contribution is -0.116. The quantitative estimate of drug-likeness (QED) is 0.619. The summed E-state index contributed by atoms with van der Waals surface area (Å²) >= 11 is 1.42. The topological polar surface area (TPSA) is 117 Å². The van der Waals surface area contributed by atoms with Crippen molar-refractivity contribution in [3.05, 3.63) is 56.4 Å². The minimum absolute atomic E-state index is 0.0697. The maximum atomic E-state index is 12.7. The number of anilines is 1. The van der Waals surface area contributed by atoms with Crippen molar-refractivity contribution in [2.75, 3.05) is 19.5 Å². The van der Waals surface area contributed by atoms with Crippen LogP contribution >= 0.6 is 11.3 Å². The number of esters is 2. The second-order valence-corrected chi connectivity index (χ2v) is 7.67. The van der Waals surface area contributed by atoms with Gasteiger partial charge in [0.05, 0.1) is 37.1 Å². The van der Waals surface area contributed by atoms with E-state index in [4.69, 9.17) is 0 Å². The number of nitrogens with zero attached hydrogens (tertiary/aromatic N) is 2. The molecule has 30 heavy (non-hydrogen) atoms. The molecule has 0 fully saturated rings. The monoisotopic (exact) mass is 429 g/mol. The normalized spacial score (nSPS) is 10.7. The highest BCUT2D eigenvalue weighted by molar-refractivity contribution is 7.18. The molecule has 0 saturated heterocycles. The maximum absolute atomic E-state index is 12.7. The number of methoxy groups -OCH3 is 2. The number of aromatic nitrogens is 2. The van der Waals surface area contributed by atoms with Crippen molar-refractivity contribution in [2.45, 2.75) is 20.4 Å². The molecule has 2 aromatic heterocycles. The first-order chi connectivity index (χ1) is 14.2. The van der Waals surface area contributed by atoms with Crippen LogP contribution in [-0.4, -0.2) is 41.6 Å². The van der Waals surface area contributed by atoms with Crippen molar-refractivity contribution in [1.29, 1.82) is 0 Å². The zero-order valence-corrected chi connectivity index (χ0v) is 17.6. The largest absolute Gasteiger partial charge is 0.465 e. The molecule has 1 N–H and O–H groups in total. The number of benzene rings is 1.